The molecule has 0 radical (unpaired) electrons. The van der Waals surface area contributed by atoms with Gasteiger partial charge in [0, 0.05) is 13.8 Å². The molecule has 1 aliphatic heterocycles. The third kappa shape index (κ3) is 6.87. The molecule has 0 aromatic rings. The van der Waals surface area contributed by atoms with E-state index < -0.39 is 30.8 Å². The highest BCUT2D eigenvalue weighted by molar-refractivity contribution is 5.73. The van der Waals surface area contributed by atoms with Gasteiger partial charge in [0.05, 0.1) is 12.7 Å². The van der Waals surface area contributed by atoms with Crippen LogP contribution in [-0.4, -0.2) is 70.7 Å². The fraction of sp³-hybridized carbons (Fsp3) is 0.838. The summed E-state index contributed by atoms with van der Waals surface area (Å²) >= 11 is 0. The number of esters is 1. The van der Waals surface area contributed by atoms with Crippen LogP contribution >= 0.6 is 0 Å². The lowest BCUT2D eigenvalue weighted by molar-refractivity contribution is -0.333. The first kappa shape index (κ1) is 35.5. The molecule has 4 N–H and O–H groups in total. The van der Waals surface area contributed by atoms with Crippen LogP contribution in [0.1, 0.15) is 106 Å². The Hall–Kier alpha value is -1.78. The predicted octanol–water partition coefficient (Wildman–Crippen LogP) is 5.02. The second-order valence-electron chi connectivity index (χ2n) is 16.1. The van der Waals surface area contributed by atoms with Gasteiger partial charge < -0.3 is 34.8 Å². The zero-order chi connectivity index (χ0) is 33.6. The van der Waals surface area contributed by atoms with Crippen LogP contribution in [-0.2, 0) is 23.8 Å². The number of allylic oxidation sites excluding steroid dienone is 2. The fourth-order valence-electron chi connectivity index (χ4n) is 10.6. The average molecular weight is 646 g/mol. The summed E-state index contributed by atoms with van der Waals surface area (Å²) in [7, 11) is 0. The molecule has 0 aromatic heterocycles. The summed E-state index contributed by atoms with van der Waals surface area (Å²) in [5.41, 5.74) is 2.73. The molecule has 5 aliphatic rings. The highest BCUT2D eigenvalue weighted by atomic mass is 16.7. The molecule has 5 rings (SSSR count). The first-order valence-electron chi connectivity index (χ1n) is 17.8. The second-order valence-corrected chi connectivity index (χ2v) is 16.1. The molecule has 4 unspecified atom stereocenters. The molecule has 4 fully saturated rings. The molecule has 9 heteroatoms. The molecule has 14 atom stereocenters. The van der Waals surface area contributed by atoms with Crippen LogP contribution in [0.2, 0.25) is 0 Å². The van der Waals surface area contributed by atoms with Gasteiger partial charge in [-0.05, 0) is 97.7 Å². The quantitative estimate of drug-likeness (QED) is 0.243. The molecule has 260 valence electrons. The van der Waals surface area contributed by atoms with Gasteiger partial charge in [-0.1, -0.05) is 64.3 Å². The number of hydrogen-bond donors (Lipinski definition) is 4. The highest BCUT2D eigenvalue weighted by Crippen LogP contribution is 2.68. The number of hydrogen-bond acceptors (Lipinski definition) is 8. The SMILES string of the molecule is C=C1C=C2CC(O[C@@H]3O[C@H](O)[C@@H](O)[C@H](O)[C@H]3NC(C)=O)C3C(CC[C@@]4(C)C3CC[C@@H]4[C@H](C)CCC[C@@H](C)COC(C)=O)[C@@]2(C)CC1. The summed E-state index contributed by atoms with van der Waals surface area (Å²) < 4.78 is 17.8. The van der Waals surface area contributed by atoms with E-state index in [2.05, 4.69) is 45.7 Å². The van der Waals surface area contributed by atoms with Crippen molar-refractivity contribution in [2.45, 2.75) is 143 Å². The van der Waals surface area contributed by atoms with Crippen molar-refractivity contribution in [3.63, 3.8) is 0 Å². The molecular weight excluding hydrogens is 586 g/mol. The number of aliphatic hydroxyl groups excluding tert-OH is 3. The molecule has 1 heterocycles. The Morgan fingerprint density at radius 2 is 1.80 bits per heavy atom. The van der Waals surface area contributed by atoms with Crippen LogP contribution in [0.3, 0.4) is 0 Å². The first-order valence-corrected chi connectivity index (χ1v) is 17.8. The molecule has 0 aromatic carbocycles. The minimum Gasteiger partial charge on any atom is -0.466 e. The van der Waals surface area contributed by atoms with Gasteiger partial charge in [0.25, 0.3) is 0 Å². The minimum absolute atomic E-state index is 0.0640. The van der Waals surface area contributed by atoms with Gasteiger partial charge in [0.2, 0.25) is 5.91 Å². The maximum absolute atomic E-state index is 12.1. The number of carbonyl (C=O) groups excluding carboxylic acids is 2. The van der Waals surface area contributed by atoms with Crippen molar-refractivity contribution in [1.82, 2.24) is 5.32 Å². The Morgan fingerprint density at radius 1 is 1.07 bits per heavy atom. The molecule has 9 nitrogen and oxygen atoms in total. The molecule has 0 spiro atoms. The summed E-state index contributed by atoms with van der Waals surface area (Å²) in [4.78, 5) is 23.4. The number of carbonyl (C=O) groups is 2. The number of nitrogens with one attached hydrogen (secondary N) is 1. The van der Waals surface area contributed by atoms with E-state index in [1.807, 2.05) is 0 Å². The lowest BCUT2D eigenvalue weighted by Crippen LogP contribution is -2.65. The van der Waals surface area contributed by atoms with Crippen LogP contribution in [0, 0.1) is 46.3 Å². The summed E-state index contributed by atoms with van der Waals surface area (Å²) in [6.07, 6.45) is 7.09. The van der Waals surface area contributed by atoms with Gasteiger partial charge in [0.1, 0.15) is 18.2 Å². The van der Waals surface area contributed by atoms with Gasteiger partial charge >= 0.3 is 5.97 Å². The Labute approximate surface area is 275 Å². The standard InChI is InChI=1S/C37H59NO8/c1-20-13-15-36(6)25(17-20)18-29(45-35-31(38-23(4)39)32(41)33(42)34(43)46-35)30-27-12-11-26(37(27,7)16-14-28(30)36)22(3)10-8-9-21(2)19-44-24(5)40/h17,21-22,26-35,41-43H,1,8-16,18-19H2,2-7H3,(H,38,39)/t21-,22-,26-,27?,28?,29?,30?,31-,32-,33+,34+,35-,36+,37-/m1/s1. The van der Waals surface area contributed by atoms with Crippen molar-refractivity contribution in [2.24, 2.45) is 46.3 Å². The van der Waals surface area contributed by atoms with Crippen LogP contribution < -0.4 is 5.32 Å². The monoisotopic (exact) mass is 645 g/mol. The number of ether oxygens (including phenoxy) is 3. The molecule has 1 amide bonds. The van der Waals surface area contributed by atoms with Crippen molar-refractivity contribution in [3.8, 4) is 0 Å². The van der Waals surface area contributed by atoms with Crippen LogP contribution in [0.15, 0.2) is 23.8 Å². The molecular formula is C37H59NO8. The predicted molar refractivity (Wildman–Crippen MR) is 174 cm³/mol. The van der Waals surface area contributed by atoms with Gasteiger partial charge in [-0.2, -0.15) is 0 Å². The van der Waals surface area contributed by atoms with Crippen molar-refractivity contribution < 1.29 is 39.1 Å². The Bertz CT molecular complexity index is 1170. The molecule has 1 saturated heterocycles. The van der Waals surface area contributed by atoms with Gasteiger partial charge in [0.15, 0.2) is 12.6 Å². The molecule has 3 saturated carbocycles. The van der Waals surface area contributed by atoms with Crippen molar-refractivity contribution in [2.75, 3.05) is 6.61 Å². The van der Waals surface area contributed by atoms with E-state index in [1.165, 1.54) is 32.3 Å². The third-order valence-corrected chi connectivity index (χ3v) is 13.0. The van der Waals surface area contributed by atoms with Crippen molar-refractivity contribution >= 4 is 11.9 Å². The number of fused-ring (bicyclic) bond motifs is 5. The fourth-order valence-corrected chi connectivity index (χ4v) is 10.6. The second kappa shape index (κ2) is 14.0. The van der Waals surface area contributed by atoms with Gasteiger partial charge in [-0.3, -0.25) is 9.59 Å². The Balaban J connectivity index is 1.38. The zero-order valence-corrected chi connectivity index (χ0v) is 28.9. The van der Waals surface area contributed by atoms with Crippen molar-refractivity contribution in [3.05, 3.63) is 23.8 Å². The normalized spacial score (nSPS) is 43.4. The molecule has 46 heavy (non-hydrogen) atoms. The van der Waals surface area contributed by atoms with E-state index in [1.54, 1.807) is 0 Å². The van der Waals surface area contributed by atoms with E-state index in [4.69, 9.17) is 14.2 Å². The lowest BCUT2D eigenvalue weighted by Gasteiger charge is -2.61. The number of rotatable bonds is 10. The zero-order valence-electron chi connectivity index (χ0n) is 28.9. The van der Waals surface area contributed by atoms with Crippen LogP contribution in [0.5, 0.6) is 0 Å². The number of amides is 1. The smallest absolute Gasteiger partial charge is 0.302 e. The topological polar surface area (TPSA) is 135 Å². The van der Waals surface area contributed by atoms with E-state index in [0.29, 0.717) is 42.6 Å². The summed E-state index contributed by atoms with van der Waals surface area (Å²) in [5.74, 6) is 2.09. The van der Waals surface area contributed by atoms with E-state index in [9.17, 15) is 24.9 Å². The largest absolute Gasteiger partial charge is 0.466 e. The minimum atomic E-state index is -1.62. The van der Waals surface area contributed by atoms with E-state index in [-0.39, 0.29) is 34.7 Å². The average Bonchev–Trinajstić information content (AvgIpc) is 3.34. The maximum Gasteiger partial charge on any atom is 0.302 e. The van der Waals surface area contributed by atoms with Gasteiger partial charge in [-0.15, -0.1) is 0 Å². The summed E-state index contributed by atoms with van der Waals surface area (Å²) in [5, 5.41) is 34.4. The first-order chi connectivity index (χ1) is 21.7. The third-order valence-electron chi connectivity index (χ3n) is 13.0. The Morgan fingerprint density at radius 3 is 2.50 bits per heavy atom. The van der Waals surface area contributed by atoms with Gasteiger partial charge in [-0.25, -0.2) is 0 Å². The Kier molecular flexibility index (Phi) is 10.8. The maximum atomic E-state index is 12.1. The van der Waals surface area contributed by atoms with Crippen LogP contribution in [0.25, 0.3) is 0 Å². The molecule has 0 bridgehead atoms. The number of aliphatic hydroxyl groups is 3. The van der Waals surface area contributed by atoms with Crippen molar-refractivity contribution in [1.29, 1.82) is 0 Å². The summed E-state index contributed by atoms with van der Waals surface area (Å²) in [6, 6.07) is -1.01. The summed E-state index contributed by atoms with van der Waals surface area (Å²) in [6.45, 7) is 17.1. The molecule has 4 aliphatic carbocycles. The van der Waals surface area contributed by atoms with E-state index in [0.717, 1.165) is 50.5 Å². The van der Waals surface area contributed by atoms with Crippen LogP contribution in [0.4, 0.5) is 0 Å². The highest BCUT2D eigenvalue weighted by Gasteiger charge is 2.62. The lowest BCUT2D eigenvalue weighted by atomic mass is 9.45. The van der Waals surface area contributed by atoms with E-state index >= 15 is 0 Å².